The number of para-hydroxylation sites is 1. The first kappa shape index (κ1) is 15.2. The number of rotatable bonds is 4. The van der Waals surface area contributed by atoms with E-state index in [1.54, 1.807) is 19.1 Å². The number of benzene rings is 1. The molecule has 2 aromatic rings. The van der Waals surface area contributed by atoms with Crippen molar-refractivity contribution in [2.45, 2.75) is 39.3 Å². The molecule has 0 radical (unpaired) electrons. The van der Waals surface area contributed by atoms with Crippen LogP contribution in [0.15, 0.2) is 34.9 Å². The zero-order valence-electron chi connectivity index (χ0n) is 13.3. The SMILES string of the molecule is CC(C)c1noc(CN2C(=O)C(C)N(c3ccccc3)C2=O)n1. The summed E-state index contributed by atoms with van der Waals surface area (Å²) in [7, 11) is 0. The van der Waals surface area contributed by atoms with Gasteiger partial charge in [0.2, 0.25) is 5.89 Å². The van der Waals surface area contributed by atoms with Gasteiger partial charge in [0.15, 0.2) is 5.82 Å². The Balaban J connectivity index is 1.83. The normalized spacial score (nSPS) is 18.3. The fraction of sp³-hybridized carbons (Fsp3) is 0.375. The van der Waals surface area contributed by atoms with Crippen molar-refractivity contribution in [3.63, 3.8) is 0 Å². The highest BCUT2D eigenvalue weighted by Gasteiger charge is 2.43. The van der Waals surface area contributed by atoms with Crippen molar-refractivity contribution in [2.75, 3.05) is 4.90 Å². The molecule has 3 amide bonds. The fourth-order valence-corrected chi connectivity index (χ4v) is 2.50. The molecule has 1 aromatic heterocycles. The molecule has 1 fully saturated rings. The predicted octanol–water partition coefficient (Wildman–Crippen LogP) is 2.55. The van der Waals surface area contributed by atoms with Gasteiger partial charge in [0, 0.05) is 11.6 Å². The van der Waals surface area contributed by atoms with E-state index in [2.05, 4.69) is 10.1 Å². The molecule has 0 spiro atoms. The molecular formula is C16H18N4O3. The third-order valence-electron chi connectivity index (χ3n) is 3.78. The summed E-state index contributed by atoms with van der Waals surface area (Å²) in [6, 6.07) is 8.18. The first-order chi connectivity index (χ1) is 11.0. The molecule has 7 nitrogen and oxygen atoms in total. The molecule has 1 aromatic carbocycles. The van der Waals surface area contributed by atoms with Crippen LogP contribution in [0.3, 0.4) is 0 Å². The van der Waals surface area contributed by atoms with Crippen molar-refractivity contribution < 1.29 is 14.1 Å². The average molecular weight is 314 g/mol. The molecule has 3 rings (SSSR count). The minimum Gasteiger partial charge on any atom is -0.337 e. The Hall–Kier alpha value is -2.70. The number of imide groups is 1. The number of nitrogens with zero attached hydrogens (tertiary/aromatic N) is 4. The minimum absolute atomic E-state index is 0.00887. The Labute approximate surface area is 133 Å². The van der Waals surface area contributed by atoms with Crippen molar-refractivity contribution in [3.05, 3.63) is 42.0 Å². The van der Waals surface area contributed by atoms with Crippen LogP contribution in [0.4, 0.5) is 10.5 Å². The maximum absolute atomic E-state index is 12.6. The van der Waals surface area contributed by atoms with Gasteiger partial charge in [0.25, 0.3) is 5.91 Å². The van der Waals surface area contributed by atoms with E-state index >= 15 is 0 Å². The highest BCUT2D eigenvalue weighted by Crippen LogP contribution is 2.26. The topological polar surface area (TPSA) is 79.5 Å². The Kier molecular flexibility index (Phi) is 3.85. The average Bonchev–Trinajstić information content (AvgIpc) is 3.08. The second kappa shape index (κ2) is 5.83. The molecule has 1 saturated heterocycles. The zero-order valence-corrected chi connectivity index (χ0v) is 13.3. The van der Waals surface area contributed by atoms with Crippen LogP contribution < -0.4 is 4.90 Å². The lowest BCUT2D eigenvalue weighted by Gasteiger charge is -2.18. The van der Waals surface area contributed by atoms with Crippen LogP contribution in [-0.2, 0) is 11.3 Å². The molecule has 1 aliphatic heterocycles. The second-order valence-electron chi connectivity index (χ2n) is 5.79. The highest BCUT2D eigenvalue weighted by atomic mass is 16.5. The van der Waals surface area contributed by atoms with Crippen molar-refractivity contribution >= 4 is 17.6 Å². The maximum Gasteiger partial charge on any atom is 0.332 e. The first-order valence-electron chi connectivity index (χ1n) is 7.51. The van der Waals surface area contributed by atoms with E-state index in [9.17, 15) is 9.59 Å². The number of aromatic nitrogens is 2. The van der Waals surface area contributed by atoms with Gasteiger partial charge in [-0.05, 0) is 19.1 Å². The summed E-state index contributed by atoms with van der Waals surface area (Å²) in [4.78, 5) is 31.9. The van der Waals surface area contributed by atoms with Gasteiger partial charge >= 0.3 is 6.03 Å². The van der Waals surface area contributed by atoms with Crippen LogP contribution in [0, 0.1) is 0 Å². The summed E-state index contributed by atoms with van der Waals surface area (Å²) < 4.78 is 5.13. The van der Waals surface area contributed by atoms with Gasteiger partial charge in [-0.2, -0.15) is 4.98 Å². The second-order valence-corrected chi connectivity index (χ2v) is 5.79. The molecule has 0 N–H and O–H groups in total. The molecule has 1 aliphatic rings. The predicted molar refractivity (Wildman–Crippen MR) is 82.7 cm³/mol. The van der Waals surface area contributed by atoms with Crippen molar-refractivity contribution in [2.24, 2.45) is 0 Å². The molecule has 1 atom stereocenters. The van der Waals surface area contributed by atoms with E-state index in [-0.39, 0.29) is 30.3 Å². The zero-order chi connectivity index (χ0) is 16.6. The van der Waals surface area contributed by atoms with Crippen LogP contribution in [0.1, 0.15) is 38.4 Å². The van der Waals surface area contributed by atoms with Crippen LogP contribution in [0.5, 0.6) is 0 Å². The summed E-state index contributed by atoms with van der Waals surface area (Å²) >= 11 is 0. The molecule has 0 aliphatic carbocycles. The summed E-state index contributed by atoms with van der Waals surface area (Å²) in [6.45, 7) is 5.59. The molecular weight excluding hydrogens is 296 g/mol. The molecule has 23 heavy (non-hydrogen) atoms. The molecule has 120 valence electrons. The van der Waals surface area contributed by atoms with Gasteiger partial charge in [-0.3, -0.25) is 14.6 Å². The summed E-state index contributed by atoms with van der Waals surface area (Å²) in [5, 5.41) is 3.86. The fourth-order valence-electron chi connectivity index (χ4n) is 2.50. The number of hydrogen-bond acceptors (Lipinski definition) is 5. The van der Waals surface area contributed by atoms with Gasteiger partial charge < -0.3 is 4.52 Å². The summed E-state index contributed by atoms with van der Waals surface area (Å²) in [5.41, 5.74) is 0.689. The van der Waals surface area contributed by atoms with Gasteiger partial charge in [-0.15, -0.1) is 0 Å². The molecule has 7 heteroatoms. The Morgan fingerprint density at radius 1 is 1.22 bits per heavy atom. The standard InChI is InChI=1S/C16H18N4O3/c1-10(2)14-17-13(23-18-14)9-19-15(21)11(3)20(16(19)22)12-7-5-4-6-8-12/h4-8,10-11H,9H2,1-3H3. The largest absolute Gasteiger partial charge is 0.337 e. The third kappa shape index (κ3) is 2.69. The molecule has 0 bridgehead atoms. The van der Waals surface area contributed by atoms with Crippen LogP contribution >= 0.6 is 0 Å². The van der Waals surface area contributed by atoms with Gasteiger partial charge in [0.05, 0.1) is 0 Å². The van der Waals surface area contributed by atoms with Crippen LogP contribution in [-0.4, -0.2) is 33.0 Å². The van der Waals surface area contributed by atoms with E-state index in [0.717, 1.165) is 4.90 Å². The van der Waals surface area contributed by atoms with E-state index in [1.165, 1.54) is 4.90 Å². The van der Waals surface area contributed by atoms with Gasteiger partial charge in [-0.1, -0.05) is 37.2 Å². The Bertz CT molecular complexity index is 726. The minimum atomic E-state index is -0.558. The van der Waals surface area contributed by atoms with Crippen LogP contribution in [0.2, 0.25) is 0 Å². The van der Waals surface area contributed by atoms with E-state index in [1.807, 2.05) is 32.0 Å². The lowest BCUT2D eigenvalue weighted by Crippen LogP contribution is -2.33. The number of carbonyl (C=O) groups excluding carboxylic acids is 2. The lowest BCUT2D eigenvalue weighted by molar-refractivity contribution is -0.127. The van der Waals surface area contributed by atoms with E-state index in [4.69, 9.17) is 4.52 Å². The molecule has 2 heterocycles. The van der Waals surface area contributed by atoms with Crippen molar-refractivity contribution in [1.29, 1.82) is 0 Å². The molecule has 0 saturated carbocycles. The first-order valence-corrected chi connectivity index (χ1v) is 7.51. The number of urea groups is 1. The number of carbonyl (C=O) groups is 2. The van der Waals surface area contributed by atoms with Gasteiger partial charge in [-0.25, -0.2) is 4.79 Å². The van der Waals surface area contributed by atoms with E-state index in [0.29, 0.717) is 11.5 Å². The van der Waals surface area contributed by atoms with Crippen LogP contribution in [0.25, 0.3) is 0 Å². The van der Waals surface area contributed by atoms with E-state index < -0.39 is 6.04 Å². The monoisotopic (exact) mass is 314 g/mol. The Morgan fingerprint density at radius 3 is 2.52 bits per heavy atom. The number of amides is 3. The van der Waals surface area contributed by atoms with Crippen molar-refractivity contribution in [1.82, 2.24) is 15.0 Å². The Morgan fingerprint density at radius 2 is 1.91 bits per heavy atom. The lowest BCUT2D eigenvalue weighted by atomic mass is 10.2. The van der Waals surface area contributed by atoms with Crippen molar-refractivity contribution in [3.8, 4) is 0 Å². The quantitative estimate of drug-likeness (QED) is 0.810. The van der Waals surface area contributed by atoms with Gasteiger partial charge in [0.1, 0.15) is 12.6 Å². The molecule has 1 unspecified atom stereocenters. The maximum atomic E-state index is 12.6. The summed E-state index contributed by atoms with van der Waals surface area (Å²) in [6.07, 6.45) is 0. The number of anilines is 1. The summed E-state index contributed by atoms with van der Waals surface area (Å²) in [5.74, 6) is 0.671. The number of hydrogen-bond donors (Lipinski definition) is 0. The third-order valence-corrected chi connectivity index (χ3v) is 3.78. The highest BCUT2D eigenvalue weighted by molar-refractivity contribution is 6.13. The smallest absolute Gasteiger partial charge is 0.332 e.